The molecule has 4 nitrogen and oxygen atoms in total. The summed E-state index contributed by atoms with van der Waals surface area (Å²) in [5.74, 6) is 1.59. The Kier molecular flexibility index (Phi) is 2.58. The van der Waals surface area contributed by atoms with E-state index in [0.29, 0.717) is 0 Å². The van der Waals surface area contributed by atoms with Gasteiger partial charge in [0, 0.05) is 18.6 Å². The number of aromatic nitrogens is 3. The molecule has 1 saturated heterocycles. The van der Waals surface area contributed by atoms with Gasteiger partial charge in [-0.1, -0.05) is 0 Å². The zero-order chi connectivity index (χ0) is 10.8. The van der Waals surface area contributed by atoms with Crippen LogP contribution in [0.25, 0.3) is 5.78 Å². The Morgan fingerprint density at radius 2 is 2.25 bits per heavy atom. The molecule has 2 aromatic rings. The Hall–Kier alpha value is -1.42. The second kappa shape index (κ2) is 4.22. The predicted molar refractivity (Wildman–Crippen MR) is 62.3 cm³/mol. The van der Waals surface area contributed by atoms with Crippen LogP contribution < -0.4 is 5.32 Å². The van der Waals surface area contributed by atoms with Crippen molar-refractivity contribution in [2.45, 2.75) is 19.3 Å². The summed E-state index contributed by atoms with van der Waals surface area (Å²) in [5, 5.41) is 3.39. The lowest BCUT2D eigenvalue weighted by Crippen LogP contribution is -2.28. The number of nitrogens with zero attached hydrogens (tertiary/aromatic N) is 3. The summed E-state index contributed by atoms with van der Waals surface area (Å²) in [7, 11) is 0. The Morgan fingerprint density at radius 1 is 1.38 bits per heavy atom. The van der Waals surface area contributed by atoms with Crippen LogP contribution in [-0.4, -0.2) is 27.5 Å². The highest BCUT2D eigenvalue weighted by Gasteiger charge is 2.15. The monoisotopic (exact) mass is 216 g/mol. The molecule has 16 heavy (non-hydrogen) atoms. The van der Waals surface area contributed by atoms with Crippen LogP contribution in [0.4, 0.5) is 0 Å². The normalized spacial score (nSPS) is 18.0. The van der Waals surface area contributed by atoms with Crippen molar-refractivity contribution >= 4 is 5.78 Å². The van der Waals surface area contributed by atoms with Gasteiger partial charge < -0.3 is 5.32 Å². The molecule has 2 aromatic heterocycles. The van der Waals surface area contributed by atoms with Gasteiger partial charge in [0.05, 0.1) is 5.69 Å². The molecule has 84 valence electrons. The van der Waals surface area contributed by atoms with Crippen LogP contribution in [0.5, 0.6) is 0 Å². The molecule has 0 bridgehead atoms. The highest BCUT2D eigenvalue weighted by molar-refractivity contribution is 5.29. The van der Waals surface area contributed by atoms with Gasteiger partial charge in [0.1, 0.15) is 0 Å². The topological polar surface area (TPSA) is 42.2 Å². The van der Waals surface area contributed by atoms with Crippen LogP contribution in [0.3, 0.4) is 0 Å². The molecule has 0 unspecified atom stereocenters. The van der Waals surface area contributed by atoms with Crippen molar-refractivity contribution < 1.29 is 0 Å². The van der Waals surface area contributed by atoms with Crippen molar-refractivity contribution in [2.24, 2.45) is 5.92 Å². The van der Waals surface area contributed by atoms with Crippen LogP contribution in [0, 0.1) is 5.92 Å². The molecule has 1 aliphatic rings. The highest BCUT2D eigenvalue weighted by atomic mass is 15.1. The quantitative estimate of drug-likeness (QED) is 0.822. The van der Waals surface area contributed by atoms with Crippen molar-refractivity contribution in [3.05, 3.63) is 30.4 Å². The van der Waals surface area contributed by atoms with Crippen LogP contribution in [0.1, 0.15) is 18.5 Å². The molecular formula is C12H16N4. The number of piperidine rings is 1. The molecule has 0 spiro atoms. The van der Waals surface area contributed by atoms with Gasteiger partial charge in [-0.05, 0) is 44.3 Å². The van der Waals surface area contributed by atoms with E-state index in [4.69, 9.17) is 0 Å². The zero-order valence-corrected chi connectivity index (χ0v) is 9.26. The van der Waals surface area contributed by atoms with E-state index in [1.54, 1.807) is 6.20 Å². The standard InChI is InChI=1S/C12H16N4/c1-4-14-12-15-11(9-16(12)7-1)8-10-2-5-13-6-3-10/h1,4,7,9-10,13H,2-3,5-6,8H2. The maximum atomic E-state index is 4.54. The Morgan fingerprint density at radius 3 is 3.06 bits per heavy atom. The molecule has 4 heteroatoms. The molecule has 0 amide bonds. The number of hydrogen-bond acceptors (Lipinski definition) is 3. The van der Waals surface area contributed by atoms with Gasteiger partial charge in [-0.2, -0.15) is 0 Å². The van der Waals surface area contributed by atoms with E-state index in [1.807, 2.05) is 16.7 Å². The van der Waals surface area contributed by atoms with Crippen LogP contribution in [0.2, 0.25) is 0 Å². The van der Waals surface area contributed by atoms with Gasteiger partial charge in [0.15, 0.2) is 0 Å². The third kappa shape index (κ3) is 1.93. The minimum atomic E-state index is 0.783. The first kappa shape index (κ1) is 9.78. The smallest absolute Gasteiger partial charge is 0.233 e. The Bertz CT molecular complexity index is 438. The second-order valence-corrected chi connectivity index (χ2v) is 4.46. The summed E-state index contributed by atoms with van der Waals surface area (Å²) in [6.07, 6.45) is 9.51. The first-order valence-electron chi connectivity index (χ1n) is 5.91. The van der Waals surface area contributed by atoms with Gasteiger partial charge in [-0.15, -0.1) is 0 Å². The summed E-state index contributed by atoms with van der Waals surface area (Å²) in [6.45, 7) is 2.30. The first-order valence-corrected chi connectivity index (χ1v) is 5.91. The van der Waals surface area contributed by atoms with E-state index >= 15 is 0 Å². The molecule has 0 aromatic carbocycles. The van der Waals surface area contributed by atoms with Crippen molar-refractivity contribution in [1.82, 2.24) is 19.7 Å². The van der Waals surface area contributed by atoms with E-state index in [-0.39, 0.29) is 0 Å². The molecule has 0 saturated carbocycles. The summed E-state index contributed by atoms with van der Waals surface area (Å²) < 4.78 is 2.00. The minimum absolute atomic E-state index is 0.783. The van der Waals surface area contributed by atoms with Gasteiger partial charge in [0.2, 0.25) is 5.78 Å². The average molecular weight is 216 g/mol. The number of imidazole rings is 1. The Labute approximate surface area is 94.7 Å². The van der Waals surface area contributed by atoms with Crippen molar-refractivity contribution in [2.75, 3.05) is 13.1 Å². The number of rotatable bonds is 2. The fourth-order valence-electron chi connectivity index (χ4n) is 2.36. The molecule has 3 heterocycles. The molecule has 0 aliphatic carbocycles. The van der Waals surface area contributed by atoms with Gasteiger partial charge >= 0.3 is 0 Å². The van der Waals surface area contributed by atoms with Gasteiger partial charge in [-0.25, -0.2) is 9.97 Å². The van der Waals surface area contributed by atoms with Crippen LogP contribution >= 0.6 is 0 Å². The minimum Gasteiger partial charge on any atom is -0.317 e. The molecule has 0 atom stereocenters. The summed E-state index contributed by atoms with van der Waals surface area (Å²) in [5.41, 5.74) is 1.17. The zero-order valence-electron chi connectivity index (χ0n) is 9.26. The average Bonchev–Trinajstić information content (AvgIpc) is 2.72. The van der Waals surface area contributed by atoms with Crippen molar-refractivity contribution in [1.29, 1.82) is 0 Å². The second-order valence-electron chi connectivity index (χ2n) is 4.46. The summed E-state index contributed by atoms with van der Waals surface area (Å²) in [6, 6.07) is 1.93. The molecular weight excluding hydrogens is 200 g/mol. The van der Waals surface area contributed by atoms with E-state index in [1.165, 1.54) is 18.5 Å². The molecule has 1 fully saturated rings. The highest BCUT2D eigenvalue weighted by Crippen LogP contribution is 2.17. The number of nitrogens with one attached hydrogen (secondary N) is 1. The SMILES string of the molecule is c1cnc2nc(CC3CCNCC3)cn2c1. The summed E-state index contributed by atoms with van der Waals surface area (Å²) in [4.78, 5) is 8.77. The van der Waals surface area contributed by atoms with E-state index in [0.717, 1.165) is 31.2 Å². The summed E-state index contributed by atoms with van der Waals surface area (Å²) >= 11 is 0. The predicted octanol–water partition coefficient (Wildman–Crippen LogP) is 1.27. The largest absolute Gasteiger partial charge is 0.317 e. The van der Waals surface area contributed by atoms with Crippen molar-refractivity contribution in [3.8, 4) is 0 Å². The lowest BCUT2D eigenvalue weighted by Gasteiger charge is -2.21. The number of hydrogen-bond donors (Lipinski definition) is 1. The number of fused-ring (bicyclic) bond motifs is 1. The Balaban J connectivity index is 1.78. The van der Waals surface area contributed by atoms with Crippen LogP contribution in [0.15, 0.2) is 24.7 Å². The molecule has 0 radical (unpaired) electrons. The maximum absolute atomic E-state index is 4.54. The van der Waals surface area contributed by atoms with Crippen molar-refractivity contribution in [3.63, 3.8) is 0 Å². The lowest BCUT2D eigenvalue weighted by atomic mass is 9.93. The van der Waals surface area contributed by atoms with E-state index < -0.39 is 0 Å². The van der Waals surface area contributed by atoms with E-state index in [2.05, 4.69) is 21.5 Å². The third-order valence-electron chi connectivity index (χ3n) is 3.24. The van der Waals surface area contributed by atoms with E-state index in [9.17, 15) is 0 Å². The third-order valence-corrected chi connectivity index (χ3v) is 3.24. The molecule has 3 rings (SSSR count). The molecule has 1 aliphatic heterocycles. The van der Waals surface area contributed by atoms with Gasteiger partial charge in [-0.3, -0.25) is 4.40 Å². The van der Waals surface area contributed by atoms with Gasteiger partial charge in [0.25, 0.3) is 0 Å². The fourth-order valence-corrected chi connectivity index (χ4v) is 2.36. The fraction of sp³-hybridized carbons (Fsp3) is 0.500. The maximum Gasteiger partial charge on any atom is 0.233 e. The molecule has 1 N–H and O–H groups in total. The lowest BCUT2D eigenvalue weighted by molar-refractivity contribution is 0.370. The first-order chi connectivity index (χ1) is 7.92. The van der Waals surface area contributed by atoms with Crippen LogP contribution in [-0.2, 0) is 6.42 Å².